The van der Waals surface area contributed by atoms with E-state index in [2.05, 4.69) is 34.4 Å². The summed E-state index contributed by atoms with van der Waals surface area (Å²) in [6.07, 6.45) is 4.94. The van der Waals surface area contributed by atoms with Gasteiger partial charge in [0.15, 0.2) is 5.82 Å². The number of nitrogens with one attached hydrogen (secondary N) is 2. The molecule has 1 fully saturated rings. The number of amides is 3. The van der Waals surface area contributed by atoms with Crippen LogP contribution in [0.3, 0.4) is 0 Å². The van der Waals surface area contributed by atoms with Gasteiger partial charge in [-0.15, -0.1) is 0 Å². The Morgan fingerprint density at radius 3 is 2.34 bits per heavy atom. The normalized spacial score (nSPS) is 15.8. The third-order valence-electron chi connectivity index (χ3n) is 5.23. The quantitative estimate of drug-likeness (QED) is 0.627. The molecule has 10 nitrogen and oxygen atoms in total. The first-order valence-electron chi connectivity index (χ1n) is 11.0. The fraction of sp³-hybridized carbons (Fsp3) is 0.727. The molecule has 1 aromatic rings. The molecule has 0 saturated carbocycles. The van der Waals surface area contributed by atoms with E-state index in [0.717, 1.165) is 19.6 Å². The Bertz CT molecular complexity index is 806. The van der Waals surface area contributed by atoms with E-state index in [9.17, 15) is 14.4 Å². The molecule has 0 aliphatic carbocycles. The Hall–Kier alpha value is -2.62. The molecule has 0 unspecified atom stereocenters. The van der Waals surface area contributed by atoms with Gasteiger partial charge in [0.25, 0.3) is 0 Å². The van der Waals surface area contributed by atoms with Crippen molar-refractivity contribution in [2.24, 2.45) is 0 Å². The van der Waals surface area contributed by atoms with Crippen molar-refractivity contribution in [1.29, 1.82) is 0 Å². The number of hydrogen-bond donors (Lipinski definition) is 2. The molecule has 10 heteroatoms. The second-order valence-corrected chi connectivity index (χ2v) is 10.1. The second kappa shape index (κ2) is 10.3. The fourth-order valence-electron chi connectivity index (χ4n) is 3.52. The first-order valence-corrected chi connectivity index (χ1v) is 11.0. The van der Waals surface area contributed by atoms with Crippen molar-refractivity contribution in [1.82, 2.24) is 24.7 Å². The maximum Gasteiger partial charge on any atom is 0.408 e. The van der Waals surface area contributed by atoms with Crippen LogP contribution in [0.15, 0.2) is 12.5 Å². The average molecular weight is 451 g/mol. The van der Waals surface area contributed by atoms with Crippen molar-refractivity contribution in [2.75, 3.05) is 39.0 Å². The lowest BCUT2D eigenvalue weighted by Crippen LogP contribution is -2.48. The van der Waals surface area contributed by atoms with E-state index in [4.69, 9.17) is 4.74 Å². The van der Waals surface area contributed by atoms with Crippen LogP contribution in [0.2, 0.25) is 0 Å². The number of likely N-dealkylation sites (tertiary alicyclic amines) is 1. The Balaban J connectivity index is 2.07. The molecule has 0 bridgehead atoms. The molecule has 180 valence electrons. The minimum absolute atomic E-state index is 0.195. The van der Waals surface area contributed by atoms with Crippen LogP contribution in [0.25, 0.3) is 0 Å². The Morgan fingerprint density at radius 1 is 1.16 bits per heavy atom. The molecular formula is C22H38N6O4. The second-order valence-electron chi connectivity index (χ2n) is 10.1. The summed E-state index contributed by atoms with van der Waals surface area (Å²) in [6, 6.07) is -1.09. The van der Waals surface area contributed by atoms with Crippen molar-refractivity contribution in [2.45, 2.75) is 71.1 Å². The van der Waals surface area contributed by atoms with Gasteiger partial charge in [-0.2, -0.15) is 0 Å². The van der Waals surface area contributed by atoms with Gasteiger partial charge in [0, 0.05) is 26.8 Å². The van der Waals surface area contributed by atoms with Crippen LogP contribution >= 0.6 is 0 Å². The highest BCUT2D eigenvalue weighted by atomic mass is 16.6. The maximum absolute atomic E-state index is 12.9. The van der Waals surface area contributed by atoms with Crippen LogP contribution in [0.1, 0.15) is 53.9 Å². The Morgan fingerprint density at radius 2 is 1.78 bits per heavy atom. The minimum atomic E-state index is -1.09. The summed E-state index contributed by atoms with van der Waals surface area (Å²) in [5, 5.41) is 5.22. The summed E-state index contributed by atoms with van der Waals surface area (Å²) in [7, 11) is 3.18. The number of ether oxygens (including phenoxy) is 1. The molecular weight excluding hydrogens is 412 g/mol. The lowest BCUT2D eigenvalue weighted by molar-refractivity contribution is -0.131. The van der Waals surface area contributed by atoms with Crippen LogP contribution in [0.5, 0.6) is 0 Å². The maximum atomic E-state index is 12.9. The van der Waals surface area contributed by atoms with E-state index in [1.54, 1.807) is 47.4 Å². The van der Waals surface area contributed by atoms with Gasteiger partial charge in [-0.1, -0.05) is 0 Å². The van der Waals surface area contributed by atoms with Crippen LogP contribution < -0.4 is 10.6 Å². The largest absolute Gasteiger partial charge is 0.444 e. The number of anilines is 1. The zero-order valence-corrected chi connectivity index (χ0v) is 20.4. The van der Waals surface area contributed by atoms with E-state index >= 15 is 0 Å². The van der Waals surface area contributed by atoms with Gasteiger partial charge in [-0.25, -0.2) is 9.78 Å². The predicted octanol–water partition coefficient (Wildman–Crippen LogP) is 2.02. The topological polar surface area (TPSA) is 109 Å². The van der Waals surface area contributed by atoms with E-state index < -0.39 is 23.6 Å². The summed E-state index contributed by atoms with van der Waals surface area (Å²) in [4.78, 5) is 45.4. The lowest BCUT2D eigenvalue weighted by atomic mass is 10.1. The molecule has 0 radical (unpaired) electrons. The molecule has 3 amide bonds. The zero-order chi connectivity index (χ0) is 24.1. The molecule has 2 N–H and O–H groups in total. The number of alkyl carbamates (subject to hydrolysis) is 1. The van der Waals surface area contributed by atoms with Gasteiger partial charge >= 0.3 is 6.09 Å². The van der Waals surface area contributed by atoms with Crippen molar-refractivity contribution in [3.63, 3.8) is 0 Å². The summed E-state index contributed by atoms with van der Waals surface area (Å²) >= 11 is 0. The van der Waals surface area contributed by atoms with Crippen LogP contribution in [-0.2, 0) is 19.9 Å². The summed E-state index contributed by atoms with van der Waals surface area (Å²) in [5.41, 5.74) is -0.925. The molecule has 2 heterocycles. The molecule has 0 spiro atoms. The third kappa shape index (κ3) is 7.81. The minimum Gasteiger partial charge on any atom is -0.444 e. The highest BCUT2D eigenvalue weighted by molar-refractivity contribution is 5.98. The zero-order valence-electron chi connectivity index (χ0n) is 20.4. The number of nitrogens with zero attached hydrogens (tertiary/aromatic N) is 4. The molecule has 1 aliphatic heterocycles. The highest BCUT2D eigenvalue weighted by Crippen LogP contribution is 2.21. The van der Waals surface area contributed by atoms with Gasteiger partial charge in [0.1, 0.15) is 11.6 Å². The number of imidazole rings is 1. The smallest absolute Gasteiger partial charge is 0.408 e. The lowest BCUT2D eigenvalue weighted by Gasteiger charge is -2.31. The standard InChI is InChI=1S/C22H38N6O4/c1-21(2,3)32-20(31)24-16(12-18(29)26(6)7)19(30)25-17-13-28(15-23-17)22(4,5)14-27-10-8-9-11-27/h13,15-16H,8-12,14H2,1-7H3,(H,24,31)(H,25,30)/t16-/m0/s1. The van der Waals surface area contributed by atoms with Gasteiger partial charge < -0.3 is 29.7 Å². The van der Waals surface area contributed by atoms with Gasteiger partial charge in [0.05, 0.1) is 18.3 Å². The number of carbonyl (C=O) groups excluding carboxylic acids is 3. The van der Waals surface area contributed by atoms with Crippen LogP contribution in [-0.4, -0.2) is 82.6 Å². The Kier molecular flexibility index (Phi) is 8.28. The van der Waals surface area contributed by atoms with E-state index in [-0.39, 0.29) is 17.9 Å². The van der Waals surface area contributed by atoms with E-state index in [1.165, 1.54) is 17.7 Å². The fourth-order valence-corrected chi connectivity index (χ4v) is 3.52. The number of carbonyl (C=O) groups is 3. The van der Waals surface area contributed by atoms with Crippen molar-refractivity contribution < 1.29 is 19.1 Å². The average Bonchev–Trinajstić information content (AvgIpc) is 3.31. The van der Waals surface area contributed by atoms with E-state index in [0.29, 0.717) is 5.82 Å². The summed E-state index contributed by atoms with van der Waals surface area (Å²) in [5.74, 6) is -0.468. The third-order valence-corrected chi connectivity index (χ3v) is 5.23. The first kappa shape index (κ1) is 25.6. The molecule has 0 aromatic carbocycles. The van der Waals surface area contributed by atoms with Gasteiger partial charge in [-0.05, 0) is 60.5 Å². The first-order chi connectivity index (χ1) is 14.8. The van der Waals surface area contributed by atoms with Crippen molar-refractivity contribution >= 4 is 23.7 Å². The SMILES string of the molecule is CN(C)C(=O)C[C@H](NC(=O)OC(C)(C)C)C(=O)Nc1cn(C(C)(C)CN2CCCC2)cn1. The van der Waals surface area contributed by atoms with Crippen LogP contribution in [0, 0.1) is 0 Å². The number of aromatic nitrogens is 2. The molecule has 1 saturated heterocycles. The predicted molar refractivity (Wildman–Crippen MR) is 122 cm³/mol. The monoisotopic (exact) mass is 450 g/mol. The number of rotatable bonds is 8. The summed E-state index contributed by atoms with van der Waals surface area (Å²) < 4.78 is 7.22. The number of hydrogen-bond acceptors (Lipinski definition) is 6. The van der Waals surface area contributed by atoms with Crippen molar-refractivity contribution in [3.8, 4) is 0 Å². The molecule has 1 atom stereocenters. The molecule has 1 aliphatic rings. The molecule has 32 heavy (non-hydrogen) atoms. The van der Waals surface area contributed by atoms with Gasteiger partial charge in [-0.3, -0.25) is 9.59 Å². The Labute approximate surface area is 190 Å². The molecule has 1 aromatic heterocycles. The highest BCUT2D eigenvalue weighted by Gasteiger charge is 2.29. The van der Waals surface area contributed by atoms with Crippen molar-refractivity contribution in [3.05, 3.63) is 12.5 Å². The van der Waals surface area contributed by atoms with E-state index in [1.807, 2.05) is 4.57 Å². The van der Waals surface area contributed by atoms with Crippen LogP contribution in [0.4, 0.5) is 10.6 Å². The summed E-state index contributed by atoms with van der Waals surface area (Å²) in [6.45, 7) is 12.5. The van der Waals surface area contributed by atoms with Gasteiger partial charge in [0.2, 0.25) is 11.8 Å². The molecule has 2 rings (SSSR count).